The molecule has 0 radical (unpaired) electrons. The van der Waals surface area contributed by atoms with E-state index >= 15 is 0 Å². The first-order valence-corrected chi connectivity index (χ1v) is 7.43. The number of nitrogens with zero attached hydrogens (tertiary/aromatic N) is 2. The summed E-state index contributed by atoms with van der Waals surface area (Å²) in [6.07, 6.45) is 4.05. The summed E-state index contributed by atoms with van der Waals surface area (Å²) in [5.74, 6) is 2.57. The normalized spacial score (nSPS) is 16.3. The highest BCUT2D eigenvalue weighted by Crippen LogP contribution is 2.17. The third kappa shape index (κ3) is 3.62. The van der Waals surface area contributed by atoms with Crippen molar-refractivity contribution in [1.82, 2.24) is 10.3 Å². The van der Waals surface area contributed by atoms with E-state index in [9.17, 15) is 0 Å². The van der Waals surface area contributed by atoms with Crippen LogP contribution in [-0.4, -0.2) is 29.2 Å². The van der Waals surface area contributed by atoms with Gasteiger partial charge in [-0.05, 0) is 37.1 Å². The predicted molar refractivity (Wildman–Crippen MR) is 80.9 cm³/mol. The molecule has 2 aromatic heterocycles. The van der Waals surface area contributed by atoms with Crippen molar-refractivity contribution >= 4 is 5.82 Å². The molecule has 5 heteroatoms. The van der Waals surface area contributed by atoms with Gasteiger partial charge in [0, 0.05) is 25.3 Å². The summed E-state index contributed by atoms with van der Waals surface area (Å²) >= 11 is 0. The highest BCUT2D eigenvalue weighted by atomic mass is 16.4. The molecular formula is C16H21N3O2. The standard InChI is InChI=1S/C16H21N3O2/c20-12-15-5-4-14(21-15)11-18-13-6-9-19(10-7-13)16-3-1-2-8-17-16/h1-5,8,13,18,20H,6-7,9-12H2. The molecule has 21 heavy (non-hydrogen) atoms. The lowest BCUT2D eigenvalue weighted by Crippen LogP contribution is -2.42. The molecule has 0 unspecified atom stereocenters. The van der Waals surface area contributed by atoms with Gasteiger partial charge < -0.3 is 19.7 Å². The van der Waals surface area contributed by atoms with Gasteiger partial charge in [-0.15, -0.1) is 0 Å². The maximum atomic E-state index is 8.98. The van der Waals surface area contributed by atoms with E-state index in [1.807, 2.05) is 30.5 Å². The fraction of sp³-hybridized carbons (Fsp3) is 0.438. The SMILES string of the molecule is OCc1ccc(CNC2CCN(c3ccccn3)CC2)o1. The van der Waals surface area contributed by atoms with Gasteiger partial charge in [0.2, 0.25) is 0 Å². The van der Waals surface area contributed by atoms with Crippen molar-refractivity contribution in [2.24, 2.45) is 0 Å². The Hall–Kier alpha value is -1.85. The first-order chi connectivity index (χ1) is 10.3. The molecule has 2 aromatic rings. The Morgan fingerprint density at radius 1 is 1.19 bits per heavy atom. The summed E-state index contributed by atoms with van der Waals surface area (Å²) in [6, 6.07) is 10.3. The van der Waals surface area contributed by atoms with Crippen molar-refractivity contribution < 1.29 is 9.52 Å². The second-order valence-corrected chi connectivity index (χ2v) is 5.36. The molecule has 1 aliphatic heterocycles. The minimum atomic E-state index is -0.0392. The van der Waals surface area contributed by atoms with E-state index in [1.54, 1.807) is 0 Å². The van der Waals surface area contributed by atoms with Gasteiger partial charge in [-0.2, -0.15) is 0 Å². The Kier molecular flexibility index (Phi) is 4.52. The fourth-order valence-corrected chi connectivity index (χ4v) is 2.70. The van der Waals surface area contributed by atoms with Gasteiger partial charge in [-0.3, -0.25) is 0 Å². The summed E-state index contributed by atoms with van der Waals surface area (Å²) in [5, 5.41) is 12.5. The number of pyridine rings is 1. The second-order valence-electron chi connectivity index (χ2n) is 5.36. The average Bonchev–Trinajstić information content (AvgIpc) is 3.02. The van der Waals surface area contributed by atoms with E-state index in [0.29, 0.717) is 18.3 Å². The molecule has 112 valence electrons. The highest BCUT2D eigenvalue weighted by molar-refractivity contribution is 5.38. The van der Waals surface area contributed by atoms with E-state index in [0.717, 1.165) is 37.5 Å². The van der Waals surface area contributed by atoms with Gasteiger partial charge in [-0.1, -0.05) is 6.07 Å². The molecule has 2 N–H and O–H groups in total. The Labute approximate surface area is 124 Å². The number of piperidine rings is 1. The second kappa shape index (κ2) is 6.74. The van der Waals surface area contributed by atoms with Crippen molar-refractivity contribution in [3.05, 3.63) is 48.0 Å². The van der Waals surface area contributed by atoms with E-state index in [2.05, 4.69) is 21.3 Å². The molecule has 0 bridgehead atoms. The van der Waals surface area contributed by atoms with Gasteiger partial charge in [0.25, 0.3) is 0 Å². The lowest BCUT2D eigenvalue weighted by Gasteiger charge is -2.33. The predicted octanol–water partition coefficient (Wildman–Crippen LogP) is 1.93. The number of hydrogen-bond donors (Lipinski definition) is 2. The number of hydrogen-bond acceptors (Lipinski definition) is 5. The maximum Gasteiger partial charge on any atom is 0.129 e. The minimum Gasteiger partial charge on any atom is -0.462 e. The highest BCUT2D eigenvalue weighted by Gasteiger charge is 2.19. The Morgan fingerprint density at radius 3 is 2.67 bits per heavy atom. The van der Waals surface area contributed by atoms with E-state index < -0.39 is 0 Å². The Bertz CT molecular complexity index is 548. The molecule has 1 saturated heterocycles. The molecule has 5 nitrogen and oxygen atoms in total. The molecule has 0 atom stereocenters. The molecule has 0 saturated carbocycles. The summed E-state index contributed by atoms with van der Waals surface area (Å²) < 4.78 is 5.48. The summed E-state index contributed by atoms with van der Waals surface area (Å²) in [4.78, 5) is 6.73. The zero-order chi connectivity index (χ0) is 14.5. The molecule has 3 heterocycles. The molecule has 0 aromatic carbocycles. The van der Waals surface area contributed by atoms with Gasteiger partial charge in [0.05, 0.1) is 6.54 Å². The fourth-order valence-electron chi connectivity index (χ4n) is 2.70. The van der Waals surface area contributed by atoms with Gasteiger partial charge >= 0.3 is 0 Å². The third-order valence-corrected chi connectivity index (χ3v) is 3.91. The van der Waals surface area contributed by atoms with Gasteiger partial charge in [-0.25, -0.2) is 4.98 Å². The summed E-state index contributed by atoms with van der Waals surface area (Å²) in [7, 11) is 0. The zero-order valence-corrected chi connectivity index (χ0v) is 12.0. The van der Waals surface area contributed by atoms with Crippen LogP contribution < -0.4 is 10.2 Å². The van der Waals surface area contributed by atoms with Crippen LogP contribution in [0.1, 0.15) is 24.4 Å². The maximum absolute atomic E-state index is 8.98. The molecule has 0 amide bonds. The first kappa shape index (κ1) is 14.1. The third-order valence-electron chi connectivity index (χ3n) is 3.91. The van der Waals surface area contributed by atoms with Crippen LogP contribution in [0.4, 0.5) is 5.82 Å². The van der Waals surface area contributed by atoms with Crippen molar-refractivity contribution in [3.63, 3.8) is 0 Å². The van der Waals surface area contributed by atoms with Gasteiger partial charge in [0.1, 0.15) is 23.9 Å². The number of aromatic nitrogens is 1. The number of aliphatic hydroxyl groups excluding tert-OH is 1. The summed E-state index contributed by atoms with van der Waals surface area (Å²) in [6.45, 7) is 2.72. The van der Waals surface area contributed by atoms with Crippen LogP contribution in [0.2, 0.25) is 0 Å². The van der Waals surface area contributed by atoms with Crippen LogP contribution >= 0.6 is 0 Å². The van der Waals surface area contributed by atoms with Crippen LogP contribution in [0.25, 0.3) is 0 Å². The molecule has 3 rings (SSSR count). The van der Waals surface area contributed by atoms with Crippen LogP contribution in [0.15, 0.2) is 40.9 Å². The van der Waals surface area contributed by atoms with E-state index in [1.165, 1.54) is 0 Å². The van der Waals surface area contributed by atoms with Crippen molar-refractivity contribution in [3.8, 4) is 0 Å². The average molecular weight is 287 g/mol. The largest absolute Gasteiger partial charge is 0.462 e. The van der Waals surface area contributed by atoms with Crippen molar-refractivity contribution in [1.29, 1.82) is 0 Å². The number of rotatable bonds is 5. The van der Waals surface area contributed by atoms with E-state index in [-0.39, 0.29) is 6.61 Å². The quantitative estimate of drug-likeness (QED) is 0.880. The van der Waals surface area contributed by atoms with Crippen molar-refractivity contribution in [2.45, 2.75) is 32.0 Å². The first-order valence-electron chi connectivity index (χ1n) is 7.43. The number of nitrogens with one attached hydrogen (secondary N) is 1. The Balaban J connectivity index is 1.45. The number of anilines is 1. The van der Waals surface area contributed by atoms with Crippen LogP contribution in [0.3, 0.4) is 0 Å². The number of furan rings is 1. The molecule has 1 fully saturated rings. The van der Waals surface area contributed by atoms with Gasteiger partial charge in [0.15, 0.2) is 0 Å². The lowest BCUT2D eigenvalue weighted by atomic mass is 10.0. The topological polar surface area (TPSA) is 61.5 Å². The van der Waals surface area contributed by atoms with Crippen LogP contribution in [0, 0.1) is 0 Å². The van der Waals surface area contributed by atoms with Crippen molar-refractivity contribution in [2.75, 3.05) is 18.0 Å². The molecule has 0 aliphatic carbocycles. The van der Waals surface area contributed by atoms with Crippen LogP contribution in [-0.2, 0) is 13.2 Å². The van der Waals surface area contributed by atoms with E-state index in [4.69, 9.17) is 9.52 Å². The summed E-state index contributed by atoms with van der Waals surface area (Å²) in [5.41, 5.74) is 0. The lowest BCUT2D eigenvalue weighted by molar-refractivity contribution is 0.242. The van der Waals surface area contributed by atoms with Crippen LogP contribution in [0.5, 0.6) is 0 Å². The molecular weight excluding hydrogens is 266 g/mol. The smallest absolute Gasteiger partial charge is 0.129 e. The zero-order valence-electron chi connectivity index (χ0n) is 12.0. The minimum absolute atomic E-state index is 0.0392. The monoisotopic (exact) mass is 287 g/mol. The molecule has 0 spiro atoms. The Morgan fingerprint density at radius 2 is 2.00 bits per heavy atom. The number of aliphatic hydroxyl groups is 1. The molecule has 1 aliphatic rings.